The first-order valence-electron chi connectivity index (χ1n) is 17.7. The van der Waals surface area contributed by atoms with E-state index in [1.807, 2.05) is 75.4 Å². The Balaban J connectivity index is 1.41. The van der Waals surface area contributed by atoms with Gasteiger partial charge in [-0.15, -0.1) is 0 Å². The molecule has 266 valence electrons. The molecule has 0 saturated heterocycles. The fourth-order valence-corrected chi connectivity index (χ4v) is 7.73. The highest BCUT2D eigenvalue weighted by molar-refractivity contribution is 5.95. The zero-order valence-corrected chi connectivity index (χ0v) is 29.2. The summed E-state index contributed by atoms with van der Waals surface area (Å²) < 4.78 is 0. The highest BCUT2D eigenvalue weighted by atomic mass is 16.4. The van der Waals surface area contributed by atoms with Crippen molar-refractivity contribution in [3.05, 3.63) is 100 Å². The van der Waals surface area contributed by atoms with Gasteiger partial charge in [-0.3, -0.25) is 14.4 Å². The molecule has 0 spiro atoms. The molecule has 1 saturated carbocycles. The highest BCUT2D eigenvalue weighted by Crippen LogP contribution is 2.32. The number of benzene rings is 3. The number of phenols is 1. The Morgan fingerprint density at radius 2 is 1.50 bits per heavy atom. The second kappa shape index (κ2) is 16.3. The lowest BCUT2D eigenvalue weighted by molar-refractivity contribution is -0.145. The quantitative estimate of drug-likeness (QED) is 0.190. The lowest BCUT2D eigenvalue weighted by Gasteiger charge is -2.39. The number of carboxylic acids is 1. The fourth-order valence-electron chi connectivity index (χ4n) is 7.73. The summed E-state index contributed by atoms with van der Waals surface area (Å²) in [5, 5.41) is 25.8. The summed E-state index contributed by atoms with van der Waals surface area (Å²) in [6.45, 7) is 5.85. The van der Waals surface area contributed by atoms with Crippen LogP contribution in [0.25, 0.3) is 0 Å². The van der Waals surface area contributed by atoms with Crippen LogP contribution in [0.3, 0.4) is 0 Å². The first-order valence-corrected chi connectivity index (χ1v) is 17.7. The van der Waals surface area contributed by atoms with Crippen LogP contribution in [0.4, 0.5) is 0 Å². The number of aliphatic carboxylic acids is 1. The maximum absolute atomic E-state index is 14.4. The SMILES string of the molecule is Cc1cc(O)cc(C)c1C[C@H](N)C(=O)N1Cc2ccccc2CC1C(=O)N[C@@H](C(=O)N[C@@H](Cc1ccccc1)C(=O)O)[C@@H](C)C1CCCCC1. The van der Waals surface area contributed by atoms with E-state index in [0.717, 1.165) is 65.5 Å². The van der Waals surface area contributed by atoms with Gasteiger partial charge in [0.1, 0.15) is 23.9 Å². The molecule has 10 nitrogen and oxygen atoms in total. The molecule has 1 fully saturated rings. The van der Waals surface area contributed by atoms with Gasteiger partial charge in [0.2, 0.25) is 17.7 Å². The number of carboxylic acid groups (broad SMARTS) is 1. The predicted octanol–water partition coefficient (Wildman–Crippen LogP) is 4.35. The number of hydrogen-bond acceptors (Lipinski definition) is 6. The summed E-state index contributed by atoms with van der Waals surface area (Å²) in [7, 11) is 0. The van der Waals surface area contributed by atoms with Crippen molar-refractivity contribution in [3.63, 3.8) is 0 Å². The van der Waals surface area contributed by atoms with Gasteiger partial charge in [-0.2, -0.15) is 0 Å². The molecule has 1 aliphatic carbocycles. The van der Waals surface area contributed by atoms with Gasteiger partial charge in [0, 0.05) is 19.4 Å². The van der Waals surface area contributed by atoms with Gasteiger partial charge >= 0.3 is 5.97 Å². The number of rotatable bonds is 12. The van der Waals surface area contributed by atoms with E-state index in [-0.39, 0.29) is 49.3 Å². The minimum atomic E-state index is -1.19. The van der Waals surface area contributed by atoms with Crippen molar-refractivity contribution in [1.29, 1.82) is 0 Å². The second-order valence-electron chi connectivity index (χ2n) is 14.2. The van der Waals surface area contributed by atoms with E-state index in [2.05, 4.69) is 10.6 Å². The van der Waals surface area contributed by atoms with Crippen LogP contribution < -0.4 is 16.4 Å². The molecule has 1 aliphatic heterocycles. The van der Waals surface area contributed by atoms with Gasteiger partial charge in [0.25, 0.3) is 0 Å². The Bertz CT molecular complexity index is 1670. The third kappa shape index (κ3) is 8.71. The summed E-state index contributed by atoms with van der Waals surface area (Å²) in [5.41, 5.74) is 11.7. The van der Waals surface area contributed by atoms with Crippen LogP contribution in [0.5, 0.6) is 5.75 Å². The molecule has 1 heterocycles. The molecule has 3 amide bonds. The molecule has 1 unspecified atom stereocenters. The van der Waals surface area contributed by atoms with Gasteiger partial charge in [0.05, 0.1) is 6.04 Å². The zero-order chi connectivity index (χ0) is 35.9. The number of aryl methyl sites for hydroxylation is 2. The second-order valence-corrected chi connectivity index (χ2v) is 14.2. The Morgan fingerprint density at radius 1 is 0.880 bits per heavy atom. The molecule has 10 heteroatoms. The van der Waals surface area contributed by atoms with Crippen molar-refractivity contribution >= 4 is 23.7 Å². The van der Waals surface area contributed by atoms with E-state index in [1.54, 1.807) is 12.1 Å². The first kappa shape index (κ1) is 36.6. The van der Waals surface area contributed by atoms with Crippen molar-refractivity contribution in [2.45, 2.75) is 103 Å². The average molecular weight is 683 g/mol. The minimum absolute atomic E-state index is 0.0972. The summed E-state index contributed by atoms with van der Waals surface area (Å²) >= 11 is 0. The van der Waals surface area contributed by atoms with E-state index in [4.69, 9.17) is 5.73 Å². The summed E-state index contributed by atoms with van der Waals surface area (Å²) in [4.78, 5) is 56.4. The zero-order valence-electron chi connectivity index (χ0n) is 29.2. The third-order valence-electron chi connectivity index (χ3n) is 10.7. The number of carbonyl (C=O) groups is 4. The van der Waals surface area contributed by atoms with Gasteiger partial charge < -0.3 is 31.5 Å². The molecule has 2 aliphatic rings. The smallest absolute Gasteiger partial charge is 0.326 e. The monoisotopic (exact) mass is 682 g/mol. The fraction of sp³-hybridized carbons (Fsp3) is 0.450. The molecule has 0 aromatic heterocycles. The number of nitrogens with zero attached hydrogens (tertiary/aromatic N) is 1. The molecular weight excluding hydrogens is 632 g/mol. The highest BCUT2D eigenvalue weighted by Gasteiger charge is 2.41. The summed E-state index contributed by atoms with van der Waals surface area (Å²) in [6.07, 6.45) is 5.58. The van der Waals surface area contributed by atoms with Crippen LogP contribution in [0, 0.1) is 25.7 Å². The number of amides is 3. The van der Waals surface area contributed by atoms with E-state index in [9.17, 15) is 29.4 Å². The Morgan fingerprint density at radius 3 is 2.14 bits per heavy atom. The normalized spacial score (nSPS) is 18.6. The maximum atomic E-state index is 14.4. The van der Waals surface area contributed by atoms with Crippen LogP contribution in [-0.2, 0) is 45.0 Å². The molecule has 0 bridgehead atoms. The van der Waals surface area contributed by atoms with Gasteiger partial charge in [-0.05, 0) is 77.6 Å². The minimum Gasteiger partial charge on any atom is -0.508 e. The molecule has 5 rings (SSSR count). The number of hydrogen-bond donors (Lipinski definition) is 5. The molecule has 0 radical (unpaired) electrons. The van der Waals surface area contributed by atoms with Crippen molar-refractivity contribution < 1.29 is 29.4 Å². The van der Waals surface area contributed by atoms with Crippen LogP contribution in [0.15, 0.2) is 66.7 Å². The summed E-state index contributed by atoms with van der Waals surface area (Å²) in [6, 6.07) is 16.0. The van der Waals surface area contributed by atoms with E-state index >= 15 is 0 Å². The number of nitrogens with two attached hydrogens (primary N) is 1. The largest absolute Gasteiger partial charge is 0.508 e. The first-order chi connectivity index (χ1) is 23.9. The molecule has 3 aromatic rings. The van der Waals surface area contributed by atoms with Crippen molar-refractivity contribution in [2.75, 3.05) is 0 Å². The standard InChI is InChI=1S/C40H50N4O6/c1-24-18-31(45)19-25(2)32(24)22-33(41)39(48)44-23-30-17-11-10-16-29(30)21-35(44)37(46)43-36(26(3)28-14-8-5-9-15-28)38(47)42-34(40(49)50)20-27-12-6-4-7-13-27/h4,6-7,10-13,16-19,26,28,33-36,45H,5,8-9,14-15,20-23,41H2,1-3H3,(H,42,47)(H,43,46)(H,49,50)/t26-,33-,34-,35?,36+/m0/s1. The van der Waals surface area contributed by atoms with E-state index in [0.29, 0.717) is 0 Å². The maximum Gasteiger partial charge on any atom is 0.326 e. The number of fused-ring (bicyclic) bond motifs is 1. The number of aromatic hydroxyl groups is 1. The number of phenolic OH excluding ortho intramolecular Hbond substituents is 1. The molecule has 3 aromatic carbocycles. The molecule has 50 heavy (non-hydrogen) atoms. The number of carbonyl (C=O) groups excluding carboxylic acids is 3. The predicted molar refractivity (Wildman–Crippen MR) is 191 cm³/mol. The van der Waals surface area contributed by atoms with Gasteiger partial charge in [0.15, 0.2) is 0 Å². The average Bonchev–Trinajstić information content (AvgIpc) is 3.11. The third-order valence-corrected chi connectivity index (χ3v) is 10.7. The Kier molecular flexibility index (Phi) is 12.0. The van der Waals surface area contributed by atoms with Gasteiger partial charge in [-0.25, -0.2) is 4.79 Å². The van der Waals surface area contributed by atoms with Crippen LogP contribution in [-0.4, -0.2) is 63.0 Å². The Hall–Kier alpha value is -4.70. The van der Waals surface area contributed by atoms with Crippen molar-refractivity contribution in [3.8, 4) is 5.75 Å². The van der Waals surface area contributed by atoms with E-state index < -0.39 is 42.0 Å². The van der Waals surface area contributed by atoms with Crippen molar-refractivity contribution in [1.82, 2.24) is 15.5 Å². The molecule has 6 N–H and O–H groups in total. The van der Waals surface area contributed by atoms with Crippen molar-refractivity contribution in [2.24, 2.45) is 17.6 Å². The van der Waals surface area contributed by atoms with Crippen LogP contribution in [0.2, 0.25) is 0 Å². The molecular formula is C40H50N4O6. The van der Waals surface area contributed by atoms with Gasteiger partial charge in [-0.1, -0.05) is 93.6 Å². The lowest BCUT2D eigenvalue weighted by atomic mass is 9.77. The summed E-state index contributed by atoms with van der Waals surface area (Å²) in [5.74, 6) is -2.53. The molecule has 5 atom stereocenters. The van der Waals surface area contributed by atoms with Crippen LogP contribution in [0.1, 0.15) is 72.4 Å². The van der Waals surface area contributed by atoms with E-state index in [1.165, 1.54) is 4.90 Å². The topological polar surface area (TPSA) is 162 Å². The lowest BCUT2D eigenvalue weighted by Crippen LogP contribution is -2.61. The van der Waals surface area contributed by atoms with Crippen LogP contribution >= 0.6 is 0 Å². The number of nitrogens with one attached hydrogen (secondary N) is 2. The Labute approximate surface area is 294 Å².